The number of rotatable bonds is 5. The zero-order valence-electron chi connectivity index (χ0n) is 14.9. The average Bonchev–Trinajstić information content (AvgIpc) is 3.44. The molecule has 27 heavy (non-hydrogen) atoms. The van der Waals surface area contributed by atoms with Gasteiger partial charge in [0.05, 0.1) is 23.3 Å². The molecule has 7 nitrogen and oxygen atoms in total. The second-order valence-corrected chi connectivity index (χ2v) is 6.87. The second-order valence-electron chi connectivity index (χ2n) is 6.87. The largest absolute Gasteiger partial charge is 0.359 e. The van der Waals surface area contributed by atoms with Crippen LogP contribution in [-0.4, -0.2) is 29.7 Å². The molecule has 0 aliphatic heterocycles. The maximum Gasteiger partial charge on any atom is 0.168 e. The van der Waals surface area contributed by atoms with Crippen molar-refractivity contribution in [3.05, 3.63) is 66.6 Å². The van der Waals surface area contributed by atoms with Crippen LogP contribution >= 0.6 is 0 Å². The lowest BCUT2D eigenvalue weighted by molar-refractivity contribution is 0.629. The third-order valence-electron chi connectivity index (χ3n) is 4.84. The molecular weight excluding hydrogens is 338 g/mol. The number of nitrogens with zero attached hydrogens (tertiary/aromatic N) is 6. The van der Waals surface area contributed by atoms with E-state index in [-0.39, 0.29) is 6.04 Å². The van der Waals surface area contributed by atoms with Gasteiger partial charge in [-0.1, -0.05) is 18.2 Å². The van der Waals surface area contributed by atoms with E-state index in [0.29, 0.717) is 5.92 Å². The Balaban J connectivity index is 1.54. The molecule has 0 spiro atoms. The molecule has 0 saturated heterocycles. The summed E-state index contributed by atoms with van der Waals surface area (Å²) in [6.07, 6.45) is 7.55. The second kappa shape index (κ2) is 6.42. The number of aryl methyl sites for hydroxylation is 1. The number of nitrogens with one attached hydrogen (secondary N) is 1. The normalized spacial score (nSPS) is 15.0. The molecule has 0 radical (unpaired) electrons. The maximum atomic E-state index is 4.63. The summed E-state index contributed by atoms with van der Waals surface area (Å²) in [5, 5.41) is 8.98. The molecule has 4 aromatic rings. The predicted molar refractivity (Wildman–Crippen MR) is 103 cm³/mol. The first-order valence-electron chi connectivity index (χ1n) is 9.10. The minimum Gasteiger partial charge on any atom is -0.359 e. The Labute approximate surface area is 156 Å². The average molecular weight is 357 g/mol. The summed E-state index contributed by atoms with van der Waals surface area (Å²) in [4.78, 5) is 18.0. The van der Waals surface area contributed by atoms with Gasteiger partial charge in [0, 0.05) is 11.9 Å². The van der Waals surface area contributed by atoms with Crippen LogP contribution in [0.3, 0.4) is 0 Å². The Morgan fingerprint density at radius 1 is 1.07 bits per heavy atom. The first-order valence-corrected chi connectivity index (χ1v) is 9.10. The predicted octanol–water partition coefficient (Wildman–Crippen LogP) is 3.48. The van der Waals surface area contributed by atoms with Crippen molar-refractivity contribution < 1.29 is 0 Å². The highest BCUT2D eigenvalue weighted by Gasteiger charge is 2.35. The van der Waals surface area contributed by atoms with Gasteiger partial charge in [-0.05, 0) is 43.9 Å². The molecule has 3 heterocycles. The first kappa shape index (κ1) is 15.9. The van der Waals surface area contributed by atoms with Crippen molar-refractivity contribution in [2.45, 2.75) is 25.8 Å². The molecule has 0 amide bonds. The van der Waals surface area contributed by atoms with E-state index in [2.05, 4.69) is 30.4 Å². The van der Waals surface area contributed by atoms with Gasteiger partial charge in [-0.15, -0.1) is 0 Å². The van der Waals surface area contributed by atoms with Gasteiger partial charge in [0.1, 0.15) is 12.1 Å². The van der Waals surface area contributed by atoms with E-state index < -0.39 is 0 Å². The number of benzene rings is 1. The third kappa shape index (κ3) is 3.01. The Hall–Kier alpha value is -3.35. The zero-order valence-corrected chi connectivity index (χ0v) is 14.9. The number of anilines is 1. The summed E-state index contributed by atoms with van der Waals surface area (Å²) in [5.41, 5.74) is 2.72. The van der Waals surface area contributed by atoms with Crippen LogP contribution in [0.5, 0.6) is 0 Å². The minimum absolute atomic E-state index is 0.0445. The Morgan fingerprint density at radius 3 is 2.70 bits per heavy atom. The fourth-order valence-electron chi connectivity index (χ4n) is 3.31. The molecule has 1 N–H and O–H groups in total. The third-order valence-corrected chi connectivity index (χ3v) is 4.84. The number of aromatic nitrogens is 6. The van der Waals surface area contributed by atoms with Gasteiger partial charge in [0.2, 0.25) is 0 Å². The van der Waals surface area contributed by atoms with Gasteiger partial charge in [0.15, 0.2) is 11.5 Å². The molecule has 1 aromatic carbocycles. The highest BCUT2D eigenvalue weighted by Crippen LogP contribution is 2.42. The quantitative estimate of drug-likeness (QED) is 0.589. The fourth-order valence-corrected chi connectivity index (χ4v) is 3.31. The van der Waals surface area contributed by atoms with Crippen LogP contribution in [0, 0.1) is 12.8 Å². The van der Waals surface area contributed by atoms with E-state index in [1.165, 1.54) is 12.8 Å². The highest BCUT2D eigenvalue weighted by molar-refractivity contribution is 5.87. The molecule has 134 valence electrons. The van der Waals surface area contributed by atoms with Gasteiger partial charge in [-0.2, -0.15) is 5.10 Å². The molecule has 1 fully saturated rings. The summed E-state index contributed by atoms with van der Waals surface area (Å²) < 4.78 is 1.83. The van der Waals surface area contributed by atoms with E-state index in [1.807, 2.05) is 60.4 Å². The van der Waals surface area contributed by atoms with Gasteiger partial charge < -0.3 is 5.32 Å². The van der Waals surface area contributed by atoms with Crippen molar-refractivity contribution in [1.29, 1.82) is 0 Å². The summed E-state index contributed by atoms with van der Waals surface area (Å²) in [6.45, 7) is 1.99. The van der Waals surface area contributed by atoms with E-state index in [9.17, 15) is 0 Å². The van der Waals surface area contributed by atoms with Crippen molar-refractivity contribution in [1.82, 2.24) is 29.7 Å². The Morgan fingerprint density at radius 2 is 1.93 bits per heavy atom. The topological polar surface area (TPSA) is 81.4 Å². The molecule has 1 aliphatic rings. The van der Waals surface area contributed by atoms with Crippen molar-refractivity contribution >= 4 is 16.9 Å². The Bertz CT molecular complexity index is 1090. The minimum atomic E-state index is 0.0445. The summed E-state index contributed by atoms with van der Waals surface area (Å²) in [7, 11) is 0. The zero-order chi connectivity index (χ0) is 18.2. The summed E-state index contributed by atoms with van der Waals surface area (Å²) >= 11 is 0. The molecule has 5 rings (SSSR count). The molecule has 0 bridgehead atoms. The lowest BCUT2D eigenvalue weighted by Crippen LogP contribution is -2.17. The van der Waals surface area contributed by atoms with Gasteiger partial charge in [0.25, 0.3) is 0 Å². The van der Waals surface area contributed by atoms with Crippen molar-refractivity contribution in [3.63, 3.8) is 0 Å². The van der Waals surface area contributed by atoms with Crippen LogP contribution in [0.15, 0.2) is 55.1 Å². The van der Waals surface area contributed by atoms with E-state index in [4.69, 9.17) is 0 Å². The van der Waals surface area contributed by atoms with E-state index in [1.54, 1.807) is 6.33 Å². The standard InChI is InChI=1S/C20H19N7/c1-13-9-10-21-19(25-13)17(14-7-8-14)26-18-16-11-24-27(20(16)23-12-22-18)15-5-3-2-4-6-15/h2-6,9-12,14,17H,7-8H2,1H3,(H,22,23,26). The van der Waals surface area contributed by atoms with E-state index >= 15 is 0 Å². The number of hydrogen-bond donors (Lipinski definition) is 1. The van der Waals surface area contributed by atoms with Crippen molar-refractivity contribution in [3.8, 4) is 5.69 Å². The van der Waals surface area contributed by atoms with Crippen LogP contribution in [0.1, 0.15) is 30.4 Å². The molecule has 1 saturated carbocycles. The molecule has 1 unspecified atom stereocenters. The summed E-state index contributed by atoms with van der Waals surface area (Å²) in [5.74, 6) is 2.12. The number of para-hydroxylation sites is 1. The van der Waals surface area contributed by atoms with Crippen LogP contribution in [-0.2, 0) is 0 Å². The fraction of sp³-hybridized carbons (Fsp3) is 0.250. The summed E-state index contributed by atoms with van der Waals surface area (Å²) in [6, 6.07) is 11.9. The van der Waals surface area contributed by atoms with Crippen LogP contribution in [0.4, 0.5) is 5.82 Å². The number of fused-ring (bicyclic) bond motifs is 1. The smallest absolute Gasteiger partial charge is 0.168 e. The van der Waals surface area contributed by atoms with Crippen molar-refractivity contribution in [2.75, 3.05) is 5.32 Å². The Kier molecular flexibility index (Phi) is 3.78. The molecule has 7 heteroatoms. The van der Waals surface area contributed by atoms with Crippen LogP contribution in [0.25, 0.3) is 16.7 Å². The molecule has 1 atom stereocenters. The van der Waals surface area contributed by atoms with E-state index in [0.717, 1.165) is 34.1 Å². The monoisotopic (exact) mass is 357 g/mol. The van der Waals surface area contributed by atoms with Crippen molar-refractivity contribution in [2.24, 2.45) is 5.92 Å². The molecule has 3 aromatic heterocycles. The van der Waals surface area contributed by atoms with Gasteiger partial charge in [-0.25, -0.2) is 24.6 Å². The number of hydrogen-bond acceptors (Lipinski definition) is 6. The van der Waals surface area contributed by atoms with Crippen LogP contribution in [0.2, 0.25) is 0 Å². The lowest BCUT2D eigenvalue weighted by Gasteiger charge is -2.18. The maximum absolute atomic E-state index is 4.63. The molecular formula is C20H19N7. The molecule has 1 aliphatic carbocycles. The first-order chi connectivity index (χ1) is 13.3. The highest BCUT2D eigenvalue weighted by atomic mass is 15.3. The van der Waals surface area contributed by atoms with Gasteiger partial charge >= 0.3 is 0 Å². The van der Waals surface area contributed by atoms with Gasteiger partial charge in [-0.3, -0.25) is 0 Å². The van der Waals surface area contributed by atoms with Crippen LogP contribution < -0.4 is 5.32 Å². The lowest BCUT2D eigenvalue weighted by atomic mass is 10.1. The SMILES string of the molecule is Cc1ccnc(C(Nc2ncnc3c2cnn3-c2ccccc2)C2CC2)n1.